The molecule has 4 rings (SSSR count). The van der Waals surface area contributed by atoms with Gasteiger partial charge in [0, 0.05) is 31.0 Å². The molecular weight excluding hydrogens is 330 g/mol. The van der Waals surface area contributed by atoms with Crippen LogP contribution in [0.15, 0.2) is 48.9 Å². The molecule has 0 bridgehead atoms. The van der Waals surface area contributed by atoms with Gasteiger partial charge in [-0.25, -0.2) is 0 Å². The third-order valence-electron chi connectivity index (χ3n) is 4.09. The number of carbonyl (C=O) groups is 1. The number of fused-ring (bicyclic) bond motifs is 1. The van der Waals surface area contributed by atoms with Gasteiger partial charge in [0.2, 0.25) is 5.91 Å². The molecule has 130 valence electrons. The Hall–Kier alpha value is -3.55. The van der Waals surface area contributed by atoms with Crippen molar-refractivity contribution in [2.24, 2.45) is 7.05 Å². The van der Waals surface area contributed by atoms with Gasteiger partial charge in [-0.05, 0) is 25.1 Å². The predicted octanol–water partition coefficient (Wildman–Crippen LogP) is 2.17. The minimum atomic E-state index is -0.195. The van der Waals surface area contributed by atoms with Crippen LogP contribution in [-0.4, -0.2) is 35.4 Å². The number of para-hydroxylation sites is 1. The first-order valence-electron chi connectivity index (χ1n) is 8.15. The summed E-state index contributed by atoms with van der Waals surface area (Å²) in [6, 6.07) is 9.57. The predicted molar refractivity (Wildman–Crippen MR) is 97.3 cm³/mol. The van der Waals surface area contributed by atoms with Crippen molar-refractivity contribution < 1.29 is 4.79 Å². The molecule has 0 unspecified atom stereocenters. The Bertz CT molecular complexity index is 1100. The van der Waals surface area contributed by atoms with Crippen molar-refractivity contribution in [1.29, 1.82) is 0 Å². The molecule has 26 heavy (non-hydrogen) atoms. The second-order valence-electron chi connectivity index (χ2n) is 5.93. The molecule has 1 amide bonds. The number of amides is 1. The van der Waals surface area contributed by atoms with Crippen molar-refractivity contribution in [2.75, 3.05) is 5.32 Å². The van der Waals surface area contributed by atoms with Crippen LogP contribution in [0.2, 0.25) is 0 Å². The third-order valence-corrected chi connectivity index (χ3v) is 4.09. The summed E-state index contributed by atoms with van der Waals surface area (Å²) in [4.78, 5) is 20.9. The smallest absolute Gasteiger partial charge is 0.247 e. The molecule has 1 aromatic carbocycles. The molecule has 0 saturated heterocycles. The Balaban J connectivity index is 1.51. The molecule has 8 nitrogen and oxygen atoms in total. The molecule has 0 aliphatic rings. The van der Waals surface area contributed by atoms with Gasteiger partial charge in [-0.15, -0.1) is 0 Å². The maximum atomic E-state index is 12.4. The number of carbonyl (C=O) groups excluding carboxylic acids is 1. The number of aryl methyl sites for hydroxylation is 2. The average molecular weight is 347 g/mol. The lowest BCUT2D eigenvalue weighted by atomic mass is 10.2. The largest absolute Gasteiger partial charge is 0.307 e. The van der Waals surface area contributed by atoms with Crippen LogP contribution in [0.1, 0.15) is 5.69 Å². The van der Waals surface area contributed by atoms with E-state index in [1.807, 2.05) is 44.3 Å². The van der Waals surface area contributed by atoms with E-state index in [1.165, 1.54) is 0 Å². The maximum Gasteiger partial charge on any atom is 0.247 e. The zero-order valence-electron chi connectivity index (χ0n) is 14.4. The topological polar surface area (TPSA) is 90.5 Å². The molecule has 0 atom stereocenters. The Morgan fingerprint density at radius 3 is 2.77 bits per heavy atom. The SMILES string of the molecule is Cc1nccnc1-c1ccn(CC(=O)Nc2nn(C)c3ccccc23)n1. The fourth-order valence-corrected chi connectivity index (χ4v) is 2.86. The molecule has 0 spiro atoms. The molecular formula is C18H17N7O. The van der Waals surface area contributed by atoms with Gasteiger partial charge >= 0.3 is 0 Å². The summed E-state index contributed by atoms with van der Waals surface area (Å²) in [7, 11) is 1.85. The van der Waals surface area contributed by atoms with Gasteiger partial charge < -0.3 is 5.32 Å². The Morgan fingerprint density at radius 1 is 1.12 bits per heavy atom. The number of nitrogens with one attached hydrogen (secondary N) is 1. The van der Waals surface area contributed by atoms with Gasteiger partial charge in [0.25, 0.3) is 0 Å². The fourth-order valence-electron chi connectivity index (χ4n) is 2.86. The fraction of sp³-hybridized carbons (Fsp3) is 0.167. The standard InChI is InChI=1S/C18H17N7O/c1-12-17(20-9-8-19-12)14-7-10-25(22-14)11-16(26)21-18-13-5-3-4-6-15(13)24(2)23-18/h3-10H,11H2,1-2H3,(H,21,23,26). The second kappa shape index (κ2) is 6.40. The highest BCUT2D eigenvalue weighted by molar-refractivity contribution is 5.99. The van der Waals surface area contributed by atoms with Crippen molar-refractivity contribution in [3.8, 4) is 11.4 Å². The van der Waals surface area contributed by atoms with Crippen LogP contribution in [-0.2, 0) is 18.4 Å². The number of nitrogens with zero attached hydrogens (tertiary/aromatic N) is 6. The van der Waals surface area contributed by atoms with E-state index in [9.17, 15) is 4.79 Å². The summed E-state index contributed by atoms with van der Waals surface area (Å²) in [5.74, 6) is 0.352. The lowest BCUT2D eigenvalue weighted by molar-refractivity contribution is -0.116. The van der Waals surface area contributed by atoms with Crippen LogP contribution < -0.4 is 5.32 Å². The first kappa shape index (κ1) is 15.9. The average Bonchev–Trinajstić information content (AvgIpc) is 3.21. The molecule has 4 aromatic rings. The highest BCUT2D eigenvalue weighted by atomic mass is 16.2. The van der Waals surface area contributed by atoms with Crippen molar-refractivity contribution in [1.82, 2.24) is 29.5 Å². The monoisotopic (exact) mass is 347 g/mol. The number of rotatable bonds is 4. The van der Waals surface area contributed by atoms with Gasteiger partial charge in [-0.3, -0.25) is 24.1 Å². The Morgan fingerprint density at radius 2 is 1.92 bits per heavy atom. The Kier molecular flexibility index (Phi) is 3.92. The van der Waals surface area contributed by atoms with E-state index in [4.69, 9.17) is 0 Å². The van der Waals surface area contributed by atoms with E-state index in [-0.39, 0.29) is 12.5 Å². The summed E-state index contributed by atoms with van der Waals surface area (Å²) in [6.07, 6.45) is 5.01. The van der Waals surface area contributed by atoms with Crippen LogP contribution in [0.25, 0.3) is 22.3 Å². The van der Waals surface area contributed by atoms with Gasteiger partial charge in [0.15, 0.2) is 5.82 Å². The first-order chi connectivity index (χ1) is 12.6. The minimum Gasteiger partial charge on any atom is -0.307 e. The highest BCUT2D eigenvalue weighted by Gasteiger charge is 2.13. The zero-order chi connectivity index (χ0) is 18.1. The van der Waals surface area contributed by atoms with Gasteiger partial charge in [-0.2, -0.15) is 10.2 Å². The zero-order valence-corrected chi connectivity index (χ0v) is 14.4. The molecule has 0 fully saturated rings. The lowest BCUT2D eigenvalue weighted by Crippen LogP contribution is -2.19. The summed E-state index contributed by atoms with van der Waals surface area (Å²) in [5.41, 5.74) is 3.15. The van der Waals surface area contributed by atoms with E-state index in [1.54, 1.807) is 28.0 Å². The number of aromatic nitrogens is 6. The van der Waals surface area contributed by atoms with E-state index >= 15 is 0 Å². The molecule has 0 saturated carbocycles. The van der Waals surface area contributed by atoms with Crippen LogP contribution in [0.5, 0.6) is 0 Å². The Labute approximate surface area is 149 Å². The van der Waals surface area contributed by atoms with Crippen LogP contribution in [0, 0.1) is 6.92 Å². The van der Waals surface area contributed by atoms with Crippen molar-refractivity contribution in [3.05, 3.63) is 54.6 Å². The molecule has 1 N–H and O–H groups in total. The number of hydrogen-bond acceptors (Lipinski definition) is 5. The highest BCUT2D eigenvalue weighted by Crippen LogP contribution is 2.21. The van der Waals surface area contributed by atoms with Crippen molar-refractivity contribution in [2.45, 2.75) is 13.5 Å². The first-order valence-corrected chi connectivity index (χ1v) is 8.15. The quantitative estimate of drug-likeness (QED) is 0.611. The van der Waals surface area contributed by atoms with E-state index in [2.05, 4.69) is 25.5 Å². The van der Waals surface area contributed by atoms with Crippen LogP contribution >= 0.6 is 0 Å². The van der Waals surface area contributed by atoms with Gasteiger partial charge in [0.05, 0.1) is 11.2 Å². The molecule has 0 aliphatic carbocycles. The van der Waals surface area contributed by atoms with Crippen LogP contribution in [0.4, 0.5) is 5.82 Å². The van der Waals surface area contributed by atoms with Crippen molar-refractivity contribution >= 4 is 22.6 Å². The summed E-state index contributed by atoms with van der Waals surface area (Å²) in [5, 5.41) is 12.5. The van der Waals surface area contributed by atoms with E-state index in [0.29, 0.717) is 17.2 Å². The molecule has 3 heterocycles. The van der Waals surface area contributed by atoms with Crippen LogP contribution in [0.3, 0.4) is 0 Å². The molecule has 0 radical (unpaired) electrons. The third kappa shape index (κ3) is 2.92. The van der Waals surface area contributed by atoms with Gasteiger partial charge in [0.1, 0.15) is 17.9 Å². The lowest BCUT2D eigenvalue weighted by Gasteiger charge is -2.03. The summed E-state index contributed by atoms with van der Waals surface area (Å²) in [6.45, 7) is 1.96. The minimum absolute atomic E-state index is 0.0875. The number of benzene rings is 1. The van der Waals surface area contributed by atoms with Gasteiger partial charge in [-0.1, -0.05) is 12.1 Å². The number of anilines is 1. The maximum absolute atomic E-state index is 12.4. The van der Waals surface area contributed by atoms with E-state index < -0.39 is 0 Å². The van der Waals surface area contributed by atoms with Crippen molar-refractivity contribution in [3.63, 3.8) is 0 Å². The second-order valence-corrected chi connectivity index (χ2v) is 5.93. The summed E-state index contributed by atoms with van der Waals surface area (Å²) >= 11 is 0. The molecule has 3 aromatic heterocycles. The summed E-state index contributed by atoms with van der Waals surface area (Å²) < 4.78 is 3.32. The molecule has 0 aliphatic heterocycles. The molecule has 8 heteroatoms. The normalized spacial score (nSPS) is 11.0. The van der Waals surface area contributed by atoms with E-state index in [0.717, 1.165) is 16.6 Å². The number of hydrogen-bond donors (Lipinski definition) is 1.